The standard InChI is InChI=1S/C27H26ClFN4O2/c1-3-33(4-2)22-15-11-19(12-16-22)17-25(31-26(34)23-7-5-6-8-24(23)28)27(35)32-30-18-20-9-13-21(29)14-10-20/h5-18H,3-4H2,1-2H3,(H,31,34)(H,32,35)/b25-17-,30-18?. The van der Waals surface area contributed by atoms with Gasteiger partial charge in [-0.15, -0.1) is 0 Å². The van der Waals surface area contributed by atoms with Crippen LogP contribution in [-0.2, 0) is 4.79 Å². The number of rotatable bonds is 9. The summed E-state index contributed by atoms with van der Waals surface area (Å²) in [6, 6.07) is 19.8. The van der Waals surface area contributed by atoms with Crippen LogP contribution in [0.4, 0.5) is 10.1 Å². The number of hydrogen-bond donors (Lipinski definition) is 2. The minimum Gasteiger partial charge on any atom is -0.372 e. The lowest BCUT2D eigenvalue weighted by atomic mass is 10.1. The van der Waals surface area contributed by atoms with Gasteiger partial charge in [-0.25, -0.2) is 9.82 Å². The third-order valence-electron chi connectivity index (χ3n) is 5.19. The van der Waals surface area contributed by atoms with E-state index in [4.69, 9.17) is 11.6 Å². The summed E-state index contributed by atoms with van der Waals surface area (Å²) in [5.74, 6) is -1.53. The van der Waals surface area contributed by atoms with E-state index in [2.05, 4.69) is 34.6 Å². The van der Waals surface area contributed by atoms with Gasteiger partial charge in [0, 0.05) is 18.8 Å². The zero-order valence-corrected chi connectivity index (χ0v) is 20.2. The van der Waals surface area contributed by atoms with Crippen molar-refractivity contribution in [2.75, 3.05) is 18.0 Å². The van der Waals surface area contributed by atoms with E-state index in [1.54, 1.807) is 30.3 Å². The van der Waals surface area contributed by atoms with Gasteiger partial charge in [0.05, 0.1) is 16.8 Å². The van der Waals surface area contributed by atoms with Crippen LogP contribution in [0.2, 0.25) is 5.02 Å². The number of benzene rings is 3. The molecule has 2 N–H and O–H groups in total. The van der Waals surface area contributed by atoms with E-state index in [1.165, 1.54) is 30.5 Å². The largest absolute Gasteiger partial charge is 0.372 e. The van der Waals surface area contributed by atoms with Crippen LogP contribution in [0.5, 0.6) is 0 Å². The van der Waals surface area contributed by atoms with E-state index < -0.39 is 11.8 Å². The average Bonchev–Trinajstić information content (AvgIpc) is 2.86. The van der Waals surface area contributed by atoms with Gasteiger partial charge in [-0.2, -0.15) is 5.10 Å². The Morgan fingerprint density at radius 1 is 0.943 bits per heavy atom. The molecule has 0 aromatic heterocycles. The molecule has 3 aromatic carbocycles. The van der Waals surface area contributed by atoms with Crippen LogP contribution in [0.25, 0.3) is 6.08 Å². The van der Waals surface area contributed by atoms with Crippen molar-refractivity contribution in [3.05, 3.63) is 106 Å². The maximum Gasteiger partial charge on any atom is 0.287 e. The van der Waals surface area contributed by atoms with Crippen molar-refractivity contribution in [3.63, 3.8) is 0 Å². The van der Waals surface area contributed by atoms with Gasteiger partial charge in [0.1, 0.15) is 11.5 Å². The molecule has 8 heteroatoms. The monoisotopic (exact) mass is 492 g/mol. The number of carbonyl (C=O) groups excluding carboxylic acids is 2. The minimum absolute atomic E-state index is 0.0123. The molecule has 0 heterocycles. The molecule has 35 heavy (non-hydrogen) atoms. The van der Waals surface area contributed by atoms with Gasteiger partial charge in [0.25, 0.3) is 11.8 Å². The van der Waals surface area contributed by atoms with Crippen molar-refractivity contribution in [1.29, 1.82) is 0 Å². The first-order valence-corrected chi connectivity index (χ1v) is 11.5. The summed E-state index contributed by atoms with van der Waals surface area (Å²) in [6.45, 7) is 5.91. The Bertz CT molecular complexity index is 1220. The number of nitrogens with zero attached hydrogens (tertiary/aromatic N) is 2. The molecule has 3 rings (SSSR count). The van der Waals surface area contributed by atoms with Gasteiger partial charge in [-0.3, -0.25) is 9.59 Å². The lowest BCUT2D eigenvalue weighted by Gasteiger charge is -2.21. The van der Waals surface area contributed by atoms with E-state index in [9.17, 15) is 14.0 Å². The van der Waals surface area contributed by atoms with Crippen molar-refractivity contribution in [3.8, 4) is 0 Å². The average molecular weight is 493 g/mol. The highest BCUT2D eigenvalue weighted by molar-refractivity contribution is 6.34. The Kier molecular flexibility index (Phi) is 9.15. The number of anilines is 1. The molecule has 0 radical (unpaired) electrons. The molecule has 6 nitrogen and oxygen atoms in total. The highest BCUT2D eigenvalue weighted by Crippen LogP contribution is 2.18. The highest BCUT2D eigenvalue weighted by Gasteiger charge is 2.16. The second-order valence-electron chi connectivity index (χ2n) is 7.51. The Morgan fingerprint density at radius 2 is 1.57 bits per heavy atom. The smallest absolute Gasteiger partial charge is 0.287 e. The summed E-state index contributed by atoms with van der Waals surface area (Å²) in [6.07, 6.45) is 2.94. The number of nitrogens with one attached hydrogen (secondary N) is 2. The Balaban J connectivity index is 1.84. The number of carbonyl (C=O) groups is 2. The molecular formula is C27H26ClFN4O2. The van der Waals surface area contributed by atoms with E-state index in [0.717, 1.165) is 18.8 Å². The molecule has 0 saturated carbocycles. The molecule has 0 unspecified atom stereocenters. The first-order valence-electron chi connectivity index (χ1n) is 11.1. The van der Waals surface area contributed by atoms with Gasteiger partial charge in [-0.1, -0.05) is 48.0 Å². The second kappa shape index (κ2) is 12.5. The van der Waals surface area contributed by atoms with Crippen LogP contribution in [0.1, 0.15) is 35.3 Å². The molecular weight excluding hydrogens is 467 g/mol. The number of amides is 2. The zero-order valence-electron chi connectivity index (χ0n) is 19.5. The van der Waals surface area contributed by atoms with Crippen LogP contribution >= 0.6 is 11.6 Å². The number of hydrazone groups is 1. The van der Waals surface area contributed by atoms with Crippen LogP contribution in [0.3, 0.4) is 0 Å². The van der Waals surface area contributed by atoms with Crippen molar-refractivity contribution in [2.45, 2.75) is 13.8 Å². The summed E-state index contributed by atoms with van der Waals surface area (Å²) in [7, 11) is 0. The molecule has 3 aromatic rings. The molecule has 0 saturated heterocycles. The molecule has 0 atom stereocenters. The Morgan fingerprint density at radius 3 is 2.20 bits per heavy atom. The lowest BCUT2D eigenvalue weighted by Crippen LogP contribution is -2.33. The van der Waals surface area contributed by atoms with Gasteiger partial charge in [-0.05, 0) is 67.4 Å². The molecule has 0 aliphatic carbocycles. The first-order chi connectivity index (χ1) is 16.9. The quantitative estimate of drug-likeness (QED) is 0.243. The number of halogens is 2. The van der Waals surface area contributed by atoms with Crippen molar-refractivity contribution in [1.82, 2.24) is 10.7 Å². The first kappa shape index (κ1) is 25.6. The van der Waals surface area contributed by atoms with E-state index in [1.807, 2.05) is 24.3 Å². The van der Waals surface area contributed by atoms with Crippen LogP contribution in [0, 0.1) is 5.82 Å². The van der Waals surface area contributed by atoms with Gasteiger partial charge < -0.3 is 10.2 Å². The van der Waals surface area contributed by atoms with Crippen molar-refractivity contribution < 1.29 is 14.0 Å². The fraction of sp³-hybridized carbons (Fsp3) is 0.148. The Hall–Kier alpha value is -3.97. The molecule has 180 valence electrons. The SMILES string of the molecule is CCN(CC)c1ccc(/C=C(\NC(=O)c2ccccc2Cl)C(=O)NN=Cc2ccc(F)cc2)cc1. The summed E-state index contributed by atoms with van der Waals surface area (Å²) >= 11 is 6.14. The molecule has 0 fully saturated rings. The fourth-order valence-electron chi connectivity index (χ4n) is 3.30. The maximum atomic E-state index is 13.1. The van der Waals surface area contributed by atoms with Gasteiger partial charge in [0.2, 0.25) is 0 Å². The normalized spacial score (nSPS) is 11.4. The van der Waals surface area contributed by atoms with Crippen molar-refractivity contribution >= 4 is 41.4 Å². The maximum absolute atomic E-state index is 13.1. The highest BCUT2D eigenvalue weighted by atomic mass is 35.5. The van der Waals surface area contributed by atoms with Crippen LogP contribution in [0.15, 0.2) is 83.6 Å². The summed E-state index contributed by atoms with van der Waals surface area (Å²) in [5, 5.41) is 6.82. The topological polar surface area (TPSA) is 73.8 Å². The zero-order chi connectivity index (χ0) is 25.2. The predicted octanol–water partition coefficient (Wildman–Crippen LogP) is 5.25. The van der Waals surface area contributed by atoms with E-state index in [-0.39, 0.29) is 22.1 Å². The predicted molar refractivity (Wildman–Crippen MR) is 139 cm³/mol. The Labute approximate surface area is 209 Å². The molecule has 0 spiro atoms. The summed E-state index contributed by atoms with van der Waals surface area (Å²) in [4.78, 5) is 27.9. The van der Waals surface area contributed by atoms with E-state index in [0.29, 0.717) is 11.1 Å². The molecule has 0 aliphatic rings. The van der Waals surface area contributed by atoms with Crippen LogP contribution in [-0.4, -0.2) is 31.1 Å². The third kappa shape index (κ3) is 7.25. The lowest BCUT2D eigenvalue weighted by molar-refractivity contribution is -0.117. The minimum atomic E-state index is -0.628. The summed E-state index contributed by atoms with van der Waals surface area (Å²) in [5.41, 5.74) is 5.00. The molecule has 2 amide bonds. The van der Waals surface area contributed by atoms with E-state index >= 15 is 0 Å². The summed E-state index contributed by atoms with van der Waals surface area (Å²) < 4.78 is 13.1. The van der Waals surface area contributed by atoms with Crippen LogP contribution < -0.4 is 15.6 Å². The van der Waals surface area contributed by atoms with Gasteiger partial charge >= 0.3 is 0 Å². The molecule has 0 bridgehead atoms. The third-order valence-corrected chi connectivity index (χ3v) is 5.52. The van der Waals surface area contributed by atoms with Crippen molar-refractivity contribution in [2.24, 2.45) is 5.10 Å². The van der Waals surface area contributed by atoms with Gasteiger partial charge in [0.15, 0.2) is 0 Å². The second-order valence-corrected chi connectivity index (χ2v) is 7.91. The number of hydrogen-bond acceptors (Lipinski definition) is 4. The molecule has 0 aliphatic heterocycles. The fourth-order valence-corrected chi connectivity index (χ4v) is 3.53.